The minimum atomic E-state index is -0.130. The van der Waals surface area contributed by atoms with Gasteiger partial charge in [-0.15, -0.1) is 0 Å². The number of rotatable bonds is 1. The number of hydrogen-bond acceptors (Lipinski definition) is 2. The molecule has 1 N–H and O–H groups in total. The van der Waals surface area contributed by atoms with Crippen molar-refractivity contribution in [3.8, 4) is 0 Å². The highest BCUT2D eigenvalue weighted by Crippen LogP contribution is 2.43. The van der Waals surface area contributed by atoms with Gasteiger partial charge in [-0.2, -0.15) is 0 Å². The van der Waals surface area contributed by atoms with E-state index in [9.17, 15) is 9.90 Å². The molecule has 3 nitrogen and oxygen atoms in total. The maximum absolute atomic E-state index is 12.9. The number of fused-ring (bicyclic) bond motifs is 1. The van der Waals surface area contributed by atoms with Gasteiger partial charge in [0.1, 0.15) is 0 Å². The quantitative estimate of drug-likeness (QED) is 0.807. The van der Waals surface area contributed by atoms with E-state index in [0.29, 0.717) is 29.1 Å². The van der Waals surface area contributed by atoms with Crippen molar-refractivity contribution in [3.05, 3.63) is 0 Å². The molecule has 2 saturated carbocycles. The summed E-state index contributed by atoms with van der Waals surface area (Å²) in [6.07, 6.45) is 6.16. The molecule has 1 amide bonds. The number of aliphatic hydroxyl groups excluding tert-OH is 1. The lowest BCUT2D eigenvalue weighted by atomic mass is 9.67. The number of carbonyl (C=O) groups excluding carboxylic acids is 1. The predicted molar refractivity (Wildman–Crippen MR) is 83.7 cm³/mol. The lowest BCUT2D eigenvalue weighted by molar-refractivity contribution is -0.137. The Labute approximate surface area is 129 Å². The van der Waals surface area contributed by atoms with Crippen molar-refractivity contribution in [1.82, 2.24) is 4.90 Å². The largest absolute Gasteiger partial charge is 0.393 e. The molecule has 1 heterocycles. The van der Waals surface area contributed by atoms with Gasteiger partial charge >= 0.3 is 0 Å². The van der Waals surface area contributed by atoms with Crippen LogP contribution in [0.25, 0.3) is 0 Å². The first kappa shape index (κ1) is 15.3. The topological polar surface area (TPSA) is 40.5 Å². The van der Waals surface area contributed by atoms with Crippen LogP contribution in [0, 0.1) is 29.1 Å². The van der Waals surface area contributed by atoms with E-state index in [0.717, 1.165) is 45.2 Å². The van der Waals surface area contributed by atoms with Crippen LogP contribution in [0.3, 0.4) is 0 Å². The first-order valence-electron chi connectivity index (χ1n) is 8.81. The second-order valence-electron chi connectivity index (χ2n) is 8.84. The molecule has 5 atom stereocenters. The molecule has 1 aliphatic heterocycles. The molecule has 2 aliphatic carbocycles. The van der Waals surface area contributed by atoms with Crippen LogP contribution in [0.15, 0.2) is 0 Å². The highest BCUT2D eigenvalue weighted by molar-refractivity contribution is 5.79. The number of hydrogen-bond donors (Lipinski definition) is 1. The Balaban J connectivity index is 1.63. The monoisotopic (exact) mass is 293 g/mol. The number of nitrogens with zero attached hydrogens (tertiary/aromatic N) is 1. The Kier molecular flexibility index (Phi) is 4.06. The number of carbonyl (C=O) groups is 1. The van der Waals surface area contributed by atoms with Gasteiger partial charge in [0.2, 0.25) is 5.91 Å². The third-order valence-corrected chi connectivity index (χ3v) is 6.07. The summed E-state index contributed by atoms with van der Waals surface area (Å²) in [5.41, 5.74) is 0.306. The Bertz CT molecular complexity index is 406. The summed E-state index contributed by atoms with van der Waals surface area (Å²) in [7, 11) is 0. The van der Waals surface area contributed by atoms with Crippen molar-refractivity contribution in [2.75, 3.05) is 13.1 Å². The molecule has 0 spiro atoms. The molecule has 5 unspecified atom stereocenters. The second kappa shape index (κ2) is 5.57. The third kappa shape index (κ3) is 3.28. The van der Waals surface area contributed by atoms with Crippen molar-refractivity contribution in [1.29, 1.82) is 0 Å². The molecule has 0 aromatic heterocycles. The normalized spacial score (nSPS) is 42.7. The Hall–Kier alpha value is -0.570. The first-order chi connectivity index (χ1) is 9.84. The molecule has 120 valence electrons. The summed E-state index contributed by atoms with van der Waals surface area (Å²) >= 11 is 0. The molecule has 3 fully saturated rings. The molecule has 3 rings (SSSR count). The Morgan fingerprint density at radius 1 is 1.10 bits per heavy atom. The van der Waals surface area contributed by atoms with Crippen LogP contribution in [-0.4, -0.2) is 35.1 Å². The van der Waals surface area contributed by atoms with Gasteiger partial charge < -0.3 is 10.0 Å². The zero-order chi connectivity index (χ0) is 15.2. The van der Waals surface area contributed by atoms with Crippen molar-refractivity contribution in [2.45, 2.75) is 65.4 Å². The summed E-state index contributed by atoms with van der Waals surface area (Å²) in [4.78, 5) is 15.1. The van der Waals surface area contributed by atoms with Crippen molar-refractivity contribution in [2.24, 2.45) is 29.1 Å². The van der Waals surface area contributed by atoms with E-state index >= 15 is 0 Å². The summed E-state index contributed by atoms with van der Waals surface area (Å²) < 4.78 is 0. The van der Waals surface area contributed by atoms with Crippen molar-refractivity contribution < 1.29 is 9.90 Å². The molecule has 0 aromatic rings. The van der Waals surface area contributed by atoms with E-state index in [2.05, 4.69) is 25.7 Å². The van der Waals surface area contributed by atoms with Crippen molar-refractivity contribution >= 4 is 5.91 Å². The fraction of sp³-hybridized carbons (Fsp3) is 0.944. The zero-order valence-corrected chi connectivity index (χ0v) is 13.8. The fourth-order valence-electron chi connectivity index (χ4n) is 5.38. The van der Waals surface area contributed by atoms with Gasteiger partial charge in [-0.3, -0.25) is 4.79 Å². The highest BCUT2D eigenvalue weighted by Gasteiger charge is 2.43. The zero-order valence-electron chi connectivity index (χ0n) is 13.8. The smallest absolute Gasteiger partial charge is 0.225 e. The van der Waals surface area contributed by atoms with E-state index in [1.165, 1.54) is 6.42 Å². The van der Waals surface area contributed by atoms with E-state index in [1.807, 2.05) is 0 Å². The molecule has 0 radical (unpaired) electrons. The standard InChI is InChI=1S/C18H31NO2/c1-12-6-14(9-18(2,3)8-12)17(21)19-10-13-4-5-16(20)7-15(13)11-19/h12-16,20H,4-11H2,1-3H3. The minimum Gasteiger partial charge on any atom is -0.393 e. The third-order valence-electron chi connectivity index (χ3n) is 6.07. The molecule has 3 aliphatic rings. The van der Waals surface area contributed by atoms with Gasteiger partial charge in [-0.1, -0.05) is 20.8 Å². The van der Waals surface area contributed by atoms with Gasteiger partial charge in [0.25, 0.3) is 0 Å². The molecule has 0 aromatic carbocycles. The van der Waals surface area contributed by atoms with Gasteiger partial charge in [0.05, 0.1) is 6.10 Å². The van der Waals surface area contributed by atoms with Crippen LogP contribution >= 0.6 is 0 Å². The van der Waals surface area contributed by atoms with E-state index in [1.54, 1.807) is 0 Å². The van der Waals surface area contributed by atoms with Crippen LogP contribution < -0.4 is 0 Å². The van der Waals surface area contributed by atoms with Crippen molar-refractivity contribution in [3.63, 3.8) is 0 Å². The molecule has 21 heavy (non-hydrogen) atoms. The van der Waals surface area contributed by atoms with Gasteiger partial charge in [-0.05, 0) is 61.7 Å². The first-order valence-corrected chi connectivity index (χ1v) is 8.81. The van der Waals surface area contributed by atoms with E-state index in [-0.39, 0.29) is 12.0 Å². The van der Waals surface area contributed by atoms with Gasteiger partial charge in [-0.25, -0.2) is 0 Å². The van der Waals surface area contributed by atoms with Gasteiger partial charge in [0.15, 0.2) is 0 Å². The van der Waals surface area contributed by atoms with Crippen LogP contribution in [0.4, 0.5) is 0 Å². The van der Waals surface area contributed by atoms with Crippen LogP contribution in [0.1, 0.15) is 59.3 Å². The lowest BCUT2D eigenvalue weighted by Gasteiger charge is -2.39. The molecule has 0 bridgehead atoms. The predicted octanol–water partition coefficient (Wildman–Crippen LogP) is 3.07. The summed E-state index contributed by atoms with van der Waals surface area (Å²) in [6, 6.07) is 0. The van der Waals surface area contributed by atoms with E-state index in [4.69, 9.17) is 0 Å². The fourth-order valence-corrected chi connectivity index (χ4v) is 5.38. The number of likely N-dealkylation sites (tertiary alicyclic amines) is 1. The average molecular weight is 293 g/mol. The minimum absolute atomic E-state index is 0.130. The molecule has 1 saturated heterocycles. The van der Waals surface area contributed by atoms with E-state index < -0.39 is 0 Å². The SMILES string of the molecule is CC1CC(C(=O)N2CC3CCC(O)CC3C2)CC(C)(C)C1. The summed E-state index contributed by atoms with van der Waals surface area (Å²) in [5, 5.41) is 9.83. The second-order valence-corrected chi connectivity index (χ2v) is 8.84. The molecular formula is C18H31NO2. The lowest BCUT2D eigenvalue weighted by Crippen LogP contribution is -2.40. The van der Waals surface area contributed by atoms with Crippen LogP contribution in [0.2, 0.25) is 0 Å². The van der Waals surface area contributed by atoms with Crippen LogP contribution in [-0.2, 0) is 4.79 Å². The summed E-state index contributed by atoms with van der Waals surface area (Å²) in [5.74, 6) is 2.49. The van der Waals surface area contributed by atoms with Gasteiger partial charge in [0, 0.05) is 19.0 Å². The summed E-state index contributed by atoms with van der Waals surface area (Å²) in [6.45, 7) is 8.75. The Morgan fingerprint density at radius 3 is 2.52 bits per heavy atom. The number of amides is 1. The highest BCUT2D eigenvalue weighted by atomic mass is 16.3. The molecular weight excluding hydrogens is 262 g/mol. The molecule has 3 heteroatoms. The van der Waals surface area contributed by atoms with Crippen LogP contribution in [0.5, 0.6) is 0 Å². The Morgan fingerprint density at radius 2 is 1.81 bits per heavy atom. The maximum atomic E-state index is 12.9. The maximum Gasteiger partial charge on any atom is 0.225 e. The number of aliphatic hydroxyl groups is 1. The average Bonchev–Trinajstić information content (AvgIpc) is 2.78.